The molecule has 0 unspecified atom stereocenters. The largest absolute Gasteiger partial charge is 0.493 e. The van der Waals surface area contributed by atoms with E-state index in [1.54, 1.807) is 21.3 Å². The van der Waals surface area contributed by atoms with E-state index in [2.05, 4.69) is 5.10 Å². The number of nitrogens with zero attached hydrogens (tertiary/aromatic N) is 2. The van der Waals surface area contributed by atoms with Crippen LogP contribution in [0.4, 0.5) is 0 Å². The van der Waals surface area contributed by atoms with Crippen molar-refractivity contribution >= 4 is 11.6 Å². The molecule has 0 N–H and O–H groups in total. The summed E-state index contributed by atoms with van der Waals surface area (Å²) in [7, 11) is 5.00. The highest BCUT2D eigenvalue weighted by Gasteiger charge is 2.40. The van der Waals surface area contributed by atoms with Crippen LogP contribution in [0.2, 0.25) is 0 Å². The zero-order valence-electron chi connectivity index (χ0n) is 13.3. The van der Waals surface area contributed by atoms with E-state index in [-0.39, 0.29) is 17.7 Å². The maximum atomic E-state index is 12.3. The molecule has 1 aliphatic heterocycles. The fourth-order valence-corrected chi connectivity index (χ4v) is 3.55. The normalized spacial score (nSPS) is 24.6. The summed E-state index contributed by atoms with van der Waals surface area (Å²) in [6.45, 7) is 0. The van der Waals surface area contributed by atoms with Gasteiger partial charge in [0.15, 0.2) is 11.5 Å². The van der Waals surface area contributed by atoms with E-state index in [9.17, 15) is 4.79 Å². The SMILES string of the molecule is COc1ccc(C2=NN(C)C(=O)[C@H]3CCCC[C@@H]23)cc1OC. The fraction of sp³-hybridized carbons (Fsp3) is 0.529. The zero-order chi connectivity index (χ0) is 15.7. The van der Waals surface area contributed by atoms with Crippen molar-refractivity contribution in [3.05, 3.63) is 23.8 Å². The van der Waals surface area contributed by atoms with Crippen LogP contribution >= 0.6 is 0 Å². The van der Waals surface area contributed by atoms with Gasteiger partial charge in [-0.2, -0.15) is 5.10 Å². The predicted molar refractivity (Wildman–Crippen MR) is 84.3 cm³/mol. The van der Waals surface area contributed by atoms with Crippen LogP contribution in [0, 0.1) is 11.8 Å². The van der Waals surface area contributed by atoms with Crippen molar-refractivity contribution in [1.82, 2.24) is 5.01 Å². The number of hydrogen-bond donors (Lipinski definition) is 0. The fourth-order valence-electron chi connectivity index (χ4n) is 3.55. The highest BCUT2D eigenvalue weighted by Crippen LogP contribution is 2.38. The van der Waals surface area contributed by atoms with Gasteiger partial charge in [0.05, 0.1) is 19.9 Å². The molecular weight excluding hydrogens is 280 g/mol. The monoisotopic (exact) mass is 302 g/mol. The third kappa shape index (κ3) is 2.45. The Morgan fingerprint density at radius 1 is 1.09 bits per heavy atom. The van der Waals surface area contributed by atoms with Gasteiger partial charge in [-0.05, 0) is 31.0 Å². The van der Waals surface area contributed by atoms with Crippen LogP contribution in [0.15, 0.2) is 23.3 Å². The van der Waals surface area contributed by atoms with Crippen molar-refractivity contribution in [2.45, 2.75) is 25.7 Å². The number of hydrazone groups is 1. The summed E-state index contributed by atoms with van der Waals surface area (Å²) in [5.74, 6) is 1.82. The van der Waals surface area contributed by atoms with Crippen LogP contribution in [0.5, 0.6) is 11.5 Å². The molecule has 5 nitrogen and oxygen atoms in total. The van der Waals surface area contributed by atoms with Gasteiger partial charge in [0.1, 0.15) is 0 Å². The molecule has 3 rings (SSSR count). The lowest BCUT2D eigenvalue weighted by Gasteiger charge is -2.37. The number of benzene rings is 1. The predicted octanol–water partition coefficient (Wildman–Crippen LogP) is 2.69. The Hall–Kier alpha value is -2.04. The number of methoxy groups -OCH3 is 2. The molecule has 1 saturated carbocycles. The Balaban J connectivity index is 2.02. The first-order chi connectivity index (χ1) is 10.7. The average molecular weight is 302 g/mol. The number of ether oxygens (including phenoxy) is 2. The van der Waals surface area contributed by atoms with E-state index in [0.29, 0.717) is 11.5 Å². The molecule has 5 heteroatoms. The molecule has 1 aromatic carbocycles. The zero-order valence-corrected chi connectivity index (χ0v) is 13.3. The molecule has 0 bridgehead atoms. The van der Waals surface area contributed by atoms with Gasteiger partial charge in [0.2, 0.25) is 5.91 Å². The molecule has 1 heterocycles. The first kappa shape index (κ1) is 14.9. The second kappa shape index (κ2) is 5.99. The van der Waals surface area contributed by atoms with Crippen LogP contribution in [0.3, 0.4) is 0 Å². The van der Waals surface area contributed by atoms with E-state index in [1.807, 2.05) is 18.2 Å². The van der Waals surface area contributed by atoms with Gasteiger partial charge < -0.3 is 9.47 Å². The summed E-state index contributed by atoms with van der Waals surface area (Å²) >= 11 is 0. The minimum atomic E-state index is 0.0688. The average Bonchev–Trinajstić information content (AvgIpc) is 2.57. The summed E-state index contributed by atoms with van der Waals surface area (Å²) in [5.41, 5.74) is 2.00. The number of carbonyl (C=O) groups is 1. The number of carbonyl (C=O) groups excluding carboxylic acids is 1. The van der Waals surface area contributed by atoms with Gasteiger partial charge in [-0.25, -0.2) is 5.01 Å². The minimum Gasteiger partial charge on any atom is -0.493 e. The first-order valence-electron chi connectivity index (χ1n) is 7.74. The molecule has 118 valence electrons. The number of amides is 1. The molecule has 1 aliphatic carbocycles. The van der Waals surface area contributed by atoms with E-state index < -0.39 is 0 Å². The highest BCUT2D eigenvalue weighted by atomic mass is 16.5. The van der Waals surface area contributed by atoms with Crippen molar-refractivity contribution in [1.29, 1.82) is 0 Å². The van der Waals surface area contributed by atoms with Gasteiger partial charge in [-0.1, -0.05) is 12.8 Å². The third-order valence-corrected chi connectivity index (χ3v) is 4.69. The maximum Gasteiger partial charge on any atom is 0.246 e. The summed E-state index contributed by atoms with van der Waals surface area (Å²) in [6, 6.07) is 5.84. The van der Waals surface area contributed by atoms with Crippen LogP contribution in [0.25, 0.3) is 0 Å². The van der Waals surface area contributed by atoms with Crippen molar-refractivity contribution < 1.29 is 14.3 Å². The first-order valence-corrected chi connectivity index (χ1v) is 7.74. The molecule has 1 aromatic rings. The summed E-state index contributed by atoms with van der Waals surface area (Å²) in [4.78, 5) is 12.3. The topological polar surface area (TPSA) is 51.1 Å². The number of hydrogen-bond acceptors (Lipinski definition) is 4. The van der Waals surface area contributed by atoms with Crippen LogP contribution in [-0.2, 0) is 4.79 Å². The molecule has 2 atom stereocenters. The van der Waals surface area contributed by atoms with Gasteiger partial charge >= 0.3 is 0 Å². The standard InChI is InChI=1S/C17H22N2O3/c1-19-17(20)13-7-5-4-6-12(13)16(18-19)11-8-9-14(21-2)15(10-11)22-3/h8-10,12-13H,4-7H2,1-3H3/t12-,13+/m1/s1. The molecule has 0 spiro atoms. The second-order valence-corrected chi connectivity index (χ2v) is 5.91. The Labute approximate surface area is 130 Å². The molecule has 0 saturated heterocycles. The van der Waals surface area contributed by atoms with E-state index in [1.165, 1.54) is 5.01 Å². The van der Waals surface area contributed by atoms with Crippen LogP contribution in [0.1, 0.15) is 31.2 Å². The van der Waals surface area contributed by atoms with Gasteiger partial charge in [-0.3, -0.25) is 4.79 Å². The smallest absolute Gasteiger partial charge is 0.246 e. The molecule has 1 amide bonds. The van der Waals surface area contributed by atoms with E-state index >= 15 is 0 Å². The highest BCUT2D eigenvalue weighted by molar-refractivity contribution is 6.07. The van der Waals surface area contributed by atoms with Crippen molar-refractivity contribution in [2.75, 3.05) is 21.3 Å². The van der Waals surface area contributed by atoms with Crippen LogP contribution < -0.4 is 9.47 Å². The van der Waals surface area contributed by atoms with Crippen molar-refractivity contribution in [2.24, 2.45) is 16.9 Å². The Morgan fingerprint density at radius 2 is 1.77 bits per heavy atom. The van der Waals surface area contributed by atoms with Gasteiger partial charge in [0.25, 0.3) is 0 Å². The van der Waals surface area contributed by atoms with Crippen LogP contribution in [-0.4, -0.2) is 37.9 Å². The summed E-state index contributed by atoms with van der Waals surface area (Å²) < 4.78 is 10.7. The summed E-state index contributed by atoms with van der Waals surface area (Å²) in [6.07, 6.45) is 4.27. The Morgan fingerprint density at radius 3 is 2.45 bits per heavy atom. The van der Waals surface area contributed by atoms with Gasteiger partial charge in [-0.15, -0.1) is 0 Å². The lowest BCUT2D eigenvalue weighted by molar-refractivity contribution is -0.137. The molecular formula is C17H22N2O3. The van der Waals surface area contributed by atoms with E-state index in [4.69, 9.17) is 9.47 Å². The lowest BCUT2D eigenvalue weighted by Crippen LogP contribution is -2.44. The maximum absolute atomic E-state index is 12.3. The molecule has 2 aliphatic rings. The lowest BCUT2D eigenvalue weighted by atomic mass is 9.73. The molecule has 22 heavy (non-hydrogen) atoms. The van der Waals surface area contributed by atoms with Gasteiger partial charge in [0, 0.05) is 24.4 Å². The second-order valence-electron chi connectivity index (χ2n) is 5.91. The molecule has 0 aromatic heterocycles. The molecule has 1 fully saturated rings. The Kier molecular flexibility index (Phi) is 4.05. The van der Waals surface area contributed by atoms with Crippen molar-refractivity contribution in [3.8, 4) is 11.5 Å². The number of rotatable bonds is 3. The van der Waals surface area contributed by atoms with Crippen molar-refractivity contribution in [3.63, 3.8) is 0 Å². The summed E-state index contributed by atoms with van der Waals surface area (Å²) in [5, 5.41) is 6.05. The van der Waals surface area contributed by atoms with E-state index in [0.717, 1.165) is 37.0 Å². The quantitative estimate of drug-likeness (QED) is 0.862. The number of fused-ring (bicyclic) bond motifs is 1. The Bertz CT molecular complexity index is 612. The molecule has 0 radical (unpaired) electrons. The third-order valence-electron chi connectivity index (χ3n) is 4.69. The minimum absolute atomic E-state index is 0.0688.